The van der Waals surface area contributed by atoms with E-state index in [4.69, 9.17) is 10.3 Å². The zero-order valence-corrected chi connectivity index (χ0v) is 11.8. The van der Waals surface area contributed by atoms with Crippen molar-refractivity contribution < 1.29 is 4.52 Å². The lowest BCUT2D eigenvalue weighted by Gasteiger charge is -2.34. The summed E-state index contributed by atoms with van der Waals surface area (Å²) in [5.41, 5.74) is 5.94. The maximum atomic E-state index is 6.02. The van der Waals surface area contributed by atoms with Gasteiger partial charge in [0.25, 0.3) is 0 Å². The van der Waals surface area contributed by atoms with Crippen molar-refractivity contribution >= 4 is 0 Å². The maximum Gasteiger partial charge on any atom is 0.232 e. The monoisotopic (exact) mass is 252 g/mol. The van der Waals surface area contributed by atoms with Gasteiger partial charge in [0.05, 0.1) is 6.54 Å². The van der Waals surface area contributed by atoms with E-state index in [0.29, 0.717) is 17.9 Å². The Morgan fingerprint density at radius 3 is 2.72 bits per heavy atom. The van der Waals surface area contributed by atoms with E-state index in [9.17, 15) is 0 Å². The molecule has 1 aliphatic heterocycles. The highest BCUT2D eigenvalue weighted by molar-refractivity contribution is 4.98. The number of hydrogen-bond donors (Lipinski definition) is 1. The van der Waals surface area contributed by atoms with Crippen LogP contribution < -0.4 is 5.73 Å². The summed E-state index contributed by atoms with van der Waals surface area (Å²) in [7, 11) is 0. The molecular formula is C13H24N4O. The molecule has 5 nitrogen and oxygen atoms in total. The molecule has 102 valence electrons. The van der Waals surface area contributed by atoms with Crippen LogP contribution >= 0.6 is 0 Å². The van der Waals surface area contributed by atoms with Crippen molar-refractivity contribution in [1.29, 1.82) is 0 Å². The van der Waals surface area contributed by atoms with E-state index in [1.807, 2.05) is 0 Å². The van der Waals surface area contributed by atoms with E-state index in [-0.39, 0.29) is 5.41 Å². The molecule has 2 rings (SSSR count). The molecule has 5 heteroatoms. The van der Waals surface area contributed by atoms with Gasteiger partial charge in [-0.2, -0.15) is 4.98 Å². The molecule has 2 heterocycles. The Labute approximate surface area is 109 Å². The Morgan fingerprint density at radius 1 is 1.44 bits per heavy atom. The van der Waals surface area contributed by atoms with Gasteiger partial charge < -0.3 is 10.3 Å². The summed E-state index contributed by atoms with van der Waals surface area (Å²) in [6, 6.07) is 0.330. The van der Waals surface area contributed by atoms with Gasteiger partial charge in [0.1, 0.15) is 0 Å². The Kier molecular flexibility index (Phi) is 3.73. The molecule has 2 N–H and O–H groups in total. The lowest BCUT2D eigenvalue weighted by Crippen LogP contribution is -2.45. The van der Waals surface area contributed by atoms with E-state index in [0.717, 1.165) is 31.9 Å². The number of rotatable bonds is 2. The predicted octanol–water partition coefficient (Wildman–Crippen LogP) is 1.54. The van der Waals surface area contributed by atoms with Crippen molar-refractivity contribution in [2.75, 3.05) is 13.1 Å². The minimum absolute atomic E-state index is 0.0806. The fourth-order valence-corrected chi connectivity index (χ4v) is 2.22. The molecule has 1 saturated heterocycles. The lowest BCUT2D eigenvalue weighted by molar-refractivity contribution is 0.153. The molecular weight excluding hydrogens is 228 g/mol. The van der Waals surface area contributed by atoms with Crippen molar-refractivity contribution in [1.82, 2.24) is 15.0 Å². The maximum absolute atomic E-state index is 6.02. The molecule has 1 aliphatic rings. The highest BCUT2D eigenvalue weighted by Gasteiger charge is 2.26. The van der Waals surface area contributed by atoms with E-state index in [1.165, 1.54) is 0 Å². The van der Waals surface area contributed by atoms with Crippen LogP contribution in [0.25, 0.3) is 0 Å². The van der Waals surface area contributed by atoms with Gasteiger partial charge in [0.15, 0.2) is 5.82 Å². The topological polar surface area (TPSA) is 68.2 Å². The first-order chi connectivity index (χ1) is 8.36. The van der Waals surface area contributed by atoms with E-state index in [1.54, 1.807) is 0 Å². The fourth-order valence-electron chi connectivity index (χ4n) is 2.22. The van der Waals surface area contributed by atoms with Crippen LogP contribution in [0.15, 0.2) is 4.52 Å². The lowest BCUT2D eigenvalue weighted by atomic mass is 9.95. The number of nitrogens with zero attached hydrogens (tertiary/aromatic N) is 3. The van der Waals surface area contributed by atoms with Gasteiger partial charge >= 0.3 is 0 Å². The molecule has 1 aromatic rings. The Bertz CT molecular complexity index is 396. The van der Waals surface area contributed by atoms with Gasteiger partial charge in [0.2, 0.25) is 5.89 Å². The second-order valence-corrected chi connectivity index (χ2v) is 6.43. The quantitative estimate of drug-likeness (QED) is 0.864. The normalized spacial score (nSPS) is 26.5. The molecule has 0 amide bonds. The molecule has 2 unspecified atom stereocenters. The van der Waals surface area contributed by atoms with E-state index in [2.05, 4.69) is 42.7 Å². The SMILES string of the molecule is CC1CN(Cc2noc(C(C)(C)C)n2)CCC1N. The molecule has 2 atom stereocenters. The molecule has 0 saturated carbocycles. The van der Waals surface area contributed by atoms with Gasteiger partial charge in [-0.15, -0.1) is 0 Å². The van der Waals surface area contributed by atoms with Crippen LogP contribution in [0.5, 0.6) is 0 Å². The average Bonchev–Trinajstić information content (AvgIpc) is 2.72. The van der Waals surface area contributed by atoms with Crippen LogP contribution in [0.4, 0.5) is 0 Å². The molecule has 0 aromatic carbocycles. The number of nitrogens with two attached hydrogens (primary N) is 1. The molecule has 0 bridgehead atoms. The van der Waals surface area contributed by atoms with Gasteiger partial charge in [0, 0.05) is 24.5 Å². The van der Waals surface area contributed by atoms with Crippen LogP contribution in [0.2, 0.25) is 0 Å². The molecule has 0 spiro atoms. The minimum atomic E-state index is -0.0806. The first-order valence-corrected chi connectivity index (χ1v) is 6.67. The largest absolute Gasteiger partial charge is 0.339 e. The Balaban J connectivity index is 1.96. The zero-order valence-electron chi connectivity index (χ0n) is 11.8. The van der Waals surface area contributed by atoms with Crippen molar-refractivity contribution in [2.45, 2.75) is 52.1 Å². The molecule has 0 aliphatic carbocycles. The summed E-state index contributed by atoms with van der Waals surface area (Å²) in [6.07, 6.45) is 1.05. The predicted molar refractivity (Wildman–Crippen MR) is 70.0 cm³/mol. The van der Waals surface area contributed by atoms with Crippen LogP contribution in [-0.2, 0) is 12.0 Å². The van der Waals surface area contributed by atoms with Crippen molar-refractivity contribution in [2.24, 2.45) is 11.7 Å². The summed E-state index contributed by atoms with van der Waals surface area (Å²) in [5, 5.41) is 4.06. The van der Waals surface area contributed by atoms with E-state index < -0.39 is 0 Å². The van der Waals surface area contributed by atoms with Crippen molar-refractivity contribution in [3.63, 3.8) is 0 Å². The number of likely N-dealkylation sites (tertiary alicyclic amines) is 1. The third kappa shape index (κ3) is 3.09. The summed E-state index contributed by atoms with van der Waals surface area (Å²) in [6.45, 7) is 11.2. The number of hydrogen-bond acceptors (Lipinski definition) is 5. The molecule has 0 radical (unpaired) electrons. The standard InChI is InChI=1S/C13H24N4O/c1-9-7-17(6-5-10(9)14)8-11-15-12(18-16-11)13(2,3)4/h9-10H,5-8,14H2,1-4H3. The molecule has 1 aromatic heterocycles. The summed E-state index contributed by atoms with van der Waals surface area (Å²) in [4.78, 5) is 6.82. The highest BCUT2D eigenvalue weighted by Crippen LogP contribution is 2.21. The van der Waals surface area contributed by atoms with Crippen LogP contribution in [-0.4, -0.2) is 34.2 Å². The summed E-state index contributed by atoms with van der Waals surface area (Å²) in [5.74, 6) is 2.02. The molecule has 1 fully saturated rings. The summed E-state index contributed by atoms with van der Waals surface area (Å²) < 4.78 is 5.31. The average molecular weight is 252 g/mol. The van der Waals surface area contributed by atoms with Gasteiger partial charge in [-0.1, -0.05) is 32.9 Å². The fraction of sp³-hybridized carbons (Fsp3) is 0.846. The third-order valence-electron chi connectivity index (χ3n) is 3.53. The molecule has 18 heavy (non-hydrogen) atoms. The Morgan fingerprint density at radius 2 is 2.17 bits per heavy atom. The van der Waals surface area contributed by atoms with Crippen LogP contribution in [0.1, 0.15) is 45.8 Å². The second kappa shape index (κ2) is 4.97. The van der Waals surface area contributed by atoms with Gasteiger partial charge in [-0.25, -0.2) is 0 Å². The number of aromatic nitrogens is 2. The number of piperidine rings is 1. The highest BCUT2D eigenvalue weighted by atomic mass is 16.5. The first kappa shape index (κ1) is 13.5. The van der Waals surface area contributed by atoms with Crippen LogP contribution in [0.3, 0.4) is 0 Å². The van der Waals surface area contributed by atoms with Crippen molar-refractivity contribution in [3.05, 3.63) is 11.7 Å². The zero-order chi connectivity index (χ0) is 13.3. The first-order valence-electron chi connectivity index (χ1n) is 6.67. The van der Waals surface area contributed by atoms with Gasteiger partial charge in [-0.3, -0.25) is 4.90 Å². The van der Waals surface area contributed by atoms with Crippen LogP contribution in [0, 0.1) is 5.92 Å². The van der Waals surface area contributed by atoms with Gasteiger partial charge in [-0.05, 0) is 12.3 Å². The smallest absolute Gasteiger partial charge is 0.232 e. The Hall–Kier alpha value is -0.940. The van der Waals surface area contributed by atoms with E-state index >= 15 is 0 Å². The third-order valence-corrected chi connectivity index (χ3v) is 3.53. The second-order valence-electron chi connectivity index (χ2n) is 6.43. The minimum Gasteiger partial charge on any atom is -0.339 e. The summed E-state index contributed by atoms with van der Waals surface area (Å²) >= 11 is 0. The van der Waals surface area contributed by atoms with Crippen molar-refractivity contribution in [3.8, 4) is 0 Å².